The van der Waals surface area contributed by atoms with Crippen LogP contribution in [0.1, 0.15) is 57.8 Å². The fraction of sp³-hybridized carbons (Fsp3) is 0.750. The minimum absolute atomic E-state index is 0. The molecule has 2 heteroatoms. The molecule has 0 aromatic rings. The minimum atomic E-state index is 0. The average molecular weight is 272 g/mol. The van der Waals surface area contributed by atoms with Gasteiger partial charge in [-0.25, -0.2) is 0 Å². The van der Waals surface area contributed by atoms with Gasteiger partial charge in [0.05, 0.1) is 0 Å². The first-order chi connectivity index (χ1) is 5.91. The molecular weight excluding hydrogens is 248 g/mol. The number of rotatable bonds is 9. The second-order valence-corrected chi connectivity index (χ2v) is 3.41. The molecule has 0 heterocycles. The third kappa shape index (κ3) is 18.7. The summed E-state index contributed by atoms with van der Waals surface area (Å²) in [6.45, 7) is 7.54. The molecule has 80 valence electrons. The van der Waals surface area contributed by atoms with E-state index in [1.807, 2.05) is 6.08 Å². The second-order valence-electron chi connectivity index (χ2n) is 3.41. The van der Waals surface area contributed by atoms with Crippen LogP contribution in [0.4, 0.5) is 0 Å². The number of halogens is 1. The Morgan fingerprint density at radius 2 is 1.29 bits per heavy atom. The van der Waals surface area contributed by atoms with Crippen molar-refractivity contribution in [2.24, 2.45) is 0 Å². The van der Waals surface area contributed by atoms with Gasteiger partial charge in [0.2, 0.25) is 0 Å². The van der Waals surface area contributed by atoms with E-state index in [1.165, 1.54) is 51.4 Å². The van der Waals surface area contributed by atoms with Crippen LogP contribution in [0.2, 0.25) is 0 Å². The summed E-state index contributed by atoms with van der Waals surface area (Å²) >= 11 is 0. The maximum Gasteiger partial charge on any atom is 2.00 e. The maximum atomic E-state index is 3.83. The van der Waals surface area contributed by atoms with E-state index in [1.54, 1.807) is 0 Å². The first-order valence-electron chi connectivity index (χ1n) is 5.32. The largest absolute Gasteiger partial charge is 2.00 e. The van der Waals surface area contributed by atoms with Crippen LogP contribution in [-0.2, 0) is 0 Å². The zero-order valence-corrected chi connectivity index (χ0v) is 12.4. The topological polar surface area (TPSA) is 0 Å². The van der Waals surface area contributed by atoms with Gasteiger partial charge in [-0.2, -0.15) is 6.42 Å². The fourth-order valence-corrected chi connectivity index (χ4v) is 1.35. The van der Waals surface area contributed by atoms with Gasteiger partial charge >= 0.3 is 23.1 Å². The predicted molar refractivity (Wildman–Crippen MR) is 62.9 cm³/mol. The van der Waals surface area contributed by atoms with Crippen LogP contribution in [0.5, 0.6) is 0 Å². The van der Waals surface area contributed by atoms with Crippen LogP contribution in [0.15, 0.2) is 12.7 Å². The molecule has 0 amide bonds. The zero-order chi connectivity index (χ0) is 9.07. The maximum absolute atomic E-state index is 3.83. The van der Waals surface area contributed by atoms with Gasteiger partial charge < -0.3 is 23.9 Å². The quantitative estimate of drug-likeness (QED) is 0.255. The third-order valence-electron chi connectivity index (χ3n) is 2.16. The van der Waals surface area contributed by atoms with E-state index in [0.29, 0.717) is 0 Å². The summed E-state index contributed by atoms with van der Waals surface area (Å²) in [6, 6.07) is 0. The van der Waals surface area contributed by atoms with Crippen molar-refractivity contribution in [3.8, 4) is 0 Å². The Morgan fingerprint density at radius 3 is 1.71 bits per heavy atom. The molecule has 0 aliphatic rings. The average Bonchev–Trinajstić information content (AvgIpc) is 2.10. The normalized spacial score (nSPS) is 8.64. The molecule has 0 saturated heterocycles. The molecule has 0 aromatic heterocycles. The van der Waals surface area contributed by atoms with Crippen LogP contribution >= 0.6 is 0 Å². The fourth-order valence-electron chi connectivity index (χ4n) is 1.35. The molecule has 0 atom stereocenters. The van der Waals surface area contributed by atoms with Crippen LogP contribution in [0, 0.1) is 6.92 Å². The Morgan fingerprint density at radius 1 is 0.857 bits per heavy atom. The second kappa shape index (κ2) is 19.5. The molecule has 0 unspecified atom stereocenters. The summed E-state index contributed by atoms with van der Waals surface area (Å²) in [4.78, 5) is 0. The van der Waals surface area contributed by atoms with Crippen LogP contribution in [0.25, 0.3) is 0 Å². The van der Waals surface area contributed by atoms with E-state index < -0.39 is 0 Å². The molecule has 0 nitrogen and oxygen atoms in total. The Bertz CT molecular complexity index is 94.3. The SMILES string of the molecule is C=CCCCCCCCCC[CH2-].[Br-].[Mg+2]. The summed E-state index contributed by atoms with van der Waals surface area (Å²) < 4.78 is 0. The van der Waals surface area contributed by atoms with E-state index in [0.717, 1.165) is 6.42 Å². The smallest absolute Gasteiger partial charge is 1.00 e. The Kier molecular flexibility index (Phi) is 28.5. The van der Waals surface area contributed by atoms with E-state index >= 15 is 0 Å². The van der Waals surface area contributed by atoms with Gasteiger partial charge in [-0.1, -0.05) is 44.6 Å². The zero-order valence-electron chi connectivity index (χ0n) is 9.44. The van der Waals surface area contributed by atoms with Crippen molar-refractivity contribution >= 4 is 23.1 Å². The van der Waals surface area contributed by atoms with Crippen molar-refractivity contribution in [3.63, 3.8) is 0 Å². The van der Waals surface area contributed by atoms with Gasteiger partial charge in [0.1, 0.15) is 0 Å². The van der Waals surface area contributed by atoms with Crippen molar-refractivity contribution in [2.45, 2.75) is 57.8 Å². The van der Waals surface area contributed by atoms with Crippen molar-refractivity contribution < 1.29 is 17.0 Å². The first-order valence-corrected chi connectivity index (χ1v) is 5.32. The van der Waals surface area contributed by atoms with Gasteiger partial charge in [-0.05, 0) is 12.8 Å². The van der Waals surface area contributed by atoms with E-state index in [-0.39, 0.29) is 40.0 Å². The van der Waals surface area contributed by atoms with Gasteiger partial charge in [0.15, 0.2) is 0 Å². The van der Waals surface area contributed by atoms with Crippen molar-refractivity contribution in [1.29, 1.82) is 0 Å². The monoisotopic (exact) mass is 270 g/mol. The number of unbranched alkanes of at least 4 members (excludes halogenated alkanes) is 8. The van der Waals surface area contributed by atoms with Crippen LogP contribution < -0.4 is 17.0 Å². The van der Waals surface area contributed by atoms with Gasteiger partial charge in [0.25, 0.3) is 0 Å². The van der Waals surface area contributed by atoms with Gasteiger partial charge in [-0.15, -0.1) is 6.58 Å². The molecular formula is C12H23BrMg. The Balaban J connectivity index is -0.000000605. The van der Waals surface area contributed by atoms with Crippen molar-refractivity contribution in [1.82, 2.24) is 0 Å². The summed E-state index contributed by atoms with van der Waals surface area (Å²) in [6.07, 6.45) is 14.0. The number of hydrogen-bond donors (Lipinski definition) is 0. The van der Waals surface area contributed by atoms with E-state index in [4.69, 9.17) is 0 Å². The minimum Gasteiger partial charge on any atom is -1.00 e. The Hall–Kier alpha value is 0.986. The molecule has 0 spiro atoms. The number of allylic oxidation sites excluding steroid dienone is 1. The van der Waals surface area contributed by atoms with Crippen LogP contribution in [0.3, 0.4) is 0 Å². The number of hydrogen-bond acceptors (Lipinski definition) is 0. The van der Waals surface area contributed by atoms with Crippen molar-refractivity contribution in [3.05, 3.63) is 19.6 Å². The molecule has 0 aromatic carbocycles. The summed E-state index contributed by atoms with van der Waals surface area (Å²) in [5, 5.41) is 0. The standard InChI is InChI=1S/C12H23.BrH.Mg/c1-3-5-7-9-11-12-10-8-6-4-2;;/h3H,1-2,4-12H2;1H;/q-1;;+2/p-1. The Labute approximate surface area is 117 Å². The molecule has 0 aliphatic heterocycles. The van der Waals surface area contributed by atoms with Crippen LogP contribution in [-0.4, -0.2) is 23.1 Å². The molecule has 0 aliphatic carbocycles. The molecule has 0 bridgehead atoms. The van der Waals surface area contributed by atoms with E-state index in [9.17, 15) is 0 Å². The molecule has 0 saturated carbocycles. The summed E-state index contributed by atoms with van der Waals surface area (Å²) in [5.41, 5.74) is 0. The molecule has 14 heavy (non-hydrogen) atoms. The summed E-state index contributed by atoms with van der Waals surface area (Å²) in [5.74, 6) is 0. The molecule has 0 fully saturated rings. The predicted octanol–water partition coefficient (Wildman–Crippen LogP) is 1.14. The van der Waals surface area contributed by atoms with Gasteiger partial charge in [-0.3, -0.25) is 0 Å². The first kappa shape index (κ1) is 20.4. The molecule has 0 N–H and O–H groups in total. The van der Waals surface area contributed by atoms with Crippen molar-refractivity contribution in [2.75, 3.05) is 0 Å². The summed E-state index contributed by atoms with van der Waals surface area (Å²) in [7, 11) is 0. The van der Waals surface area contributed by atoms with Gasteiger partial charge in [0, 0.05) is 0 Å². The molecule has 0 rings (SSSR count). The third-order valence-corrected chi connectivity index (χ3v) is 2.16. The van der Waals surface area contributed by atoms with E-state index in [2.05, 4.69) is 13.5 Å². The molecule has 0 radical (unpaired) electrons.